The second kappa shape index (κ2) is 13.0. The highest BCUT2D eigenvalue weighted by atomic mass is 16.3. The number of para-hydroxylation sites is 2. The summed E-state index contributed by atoms with van der Waals surface area (Å²) in [6, 6.07) is 55.2. The van der Waals surface area contributed by atoms with Crippen LogP contribution in [0, 0.1) is 0 Å². The maximum atomic E-state index is 9.39. The Bertz CT molecular complexity index is 3470. The van der Waals surface area contributed by atoms with Crippen LogP contribution in [0.2, 0.25) is 0 Å². The molecular weight excluding hydrogens is 685 g/mol. The van der Waals surface area contributed by atoms with Crippen molar-refractivity contribution < 1.29 is 9.90 Å². The van der Waals surface area contributed by atoms with Crippen molar-refractivity contribution in [3.63, 3.8) is 0 Å². The molecule has 0 N–H and O–H groups in total. The molecule has 0 unspecified atom stereocenters. The lowest BCUT2D eigenvalue weighted by Gasteiger charge is -2.13. The number of rotatable bonds is 6. The van der Waals surface area contributed by atoms with Crippen molar-refractivity contribution in [2.75, 3.05) is 0 Å². The van der Waals surface area contributed by atoms with Gasteiger partial charge in [0.15, 0.2) is 11.6 Å². The molecule has 5 heteroatoms. The standard InChI is InChI=1S/C51H32N4O/c1-3-14-33(15-4-1)34-26-28-36(29-27-34)49-52-50(37-30-31-41-40-20-10-12-25-46(40)56-47(41)32-37)54-51(53-49)55-44-23-11-9-21-43(44)48-42(22-13-24-45(48)55)39-19-8-7-18-38(39)35-16-5-2-6-17-35/h1-32H/i9D,11D,21D,23D. The number of furan rings is 1. The van der Waals surface area contributed by atoms with Crippen molar-refractivity contribution in [1.82, 2.24) is 19.5 Å². The van der Waals surface area contributed by atoms with E-state index in [1.54, 1.807) is 4.57 Å². The van der Waals surface area contributed by atoms with Gasteiger partial charge in [-0.25, -0.2) is 4.98 Å². The third-order valence-electron chi connectivity index (χ3n) is 10.4. The van der Waals surface area contributed by atoms with Crippen molar-refractivity contribution in [2.45, 2.75) is 0 Å². The highest BCUT2D eigenvalue weighted by Crippen LogP contribution is 2.42. The molecule has 0 radical (unpaired) electrons. The van der Waals surface area contributed by atoms with Gasteiger partial charge in [0.05, 0.1) is 16.5 Å². The quantitative estimate of drug-likeness (QED) is 0.172. The van der Waals surface area contributed by atoms with Gasteiger partial charge in [-0.15, -0.1) is 0 Å². The molecule has 0 aliphatic carbocycles. The van der Waals surface area contributed by atoms with Crippen LogP contribution >= 0.6 is 0 Å². The molecule has 11 aromatic rings. The number of hydrogen-bond acceptors (Lipinski definition) is 4. The second-order valence-corrected chi connectivity index (χ2v) is 13.7. The molecular formula is C51H32N4O. The van der Waals surface area contributed by atoms with Gasteiger partial charge in [0.2, 0.25) is 5.95 Å². The summed E-state index contributed by atoms with van der Waals surface area (Å²) in [4.78, 5) is 15.3. The van der Waals surface area contributed by atoms with Gasteiger partial charge in [-0.2, -0.15) is 9.97 Å². The molecule has 8 aromatic carbocycles. The van der Waals surface area contributed by atoms with Crippen LogP contribution in [0.3, 0.4) is 0 Å². The normalized spacial score (nSPS) is 12.6. The van der Waals surface area contributed by atoms with Gasteiger partial charge in [0, 0.05) is 32.7 Å². The molecule has 0 amide bonds. The number of hydrogen-bond donors (Lipinski definition) is 0. The molecule has 0 spiro atoms. The Morgan fingerprint density at radius 2 is 1.02 bits per heavy atom. The Labute approximate surface area is 328 Å². The largest absolute Gasteiger partial charge is 0.456 e. The molecule has 0 aliphatic heterocycles. The molecule has 262 valence electrons. The zero-order valence-corrected chi connectivity index (χ0v) is 29.9. The van der Waals surface area contributed by atoms with Crippen LogP contribution in [0.4, 0.5) is 0 Å². The number of nitrogens with zero attached hydrogens (tertiary/aromatic N) is 4. The summed E-state index contributed by atoms with van der Waals surface area (Å²) in [5.74, 6) is 0.997. The van der Waals surface area contributed by atoms with E-state index in [1.165, 1.54) is 0 Å². The zero-order valence-electron chi connectivity index (χ0n) is 33.9. The fourth-order valence-corrected chi connectivity index (χ4v) is 7.81. The fourth-order valence-electron chi connectivity index (χ4n) is 7.81. The molecule has 3 aromatic heterocycles. The number of fused-ring (bicyclic) bond motifs is 6. The van der Waals surface area contributed by atoms with Crippen LogP contribution in [-0.2, 0) is 0 Å². The van der Waals surface area contributed by atoms with Gasteiger partial charge >= 0.3 is 0 Å². The van der Waals surface area contributed by atoms with Gasteiger partial charge in [0.25, 0.3) is 0 Å². The summed E-state index contributed by atoms with van der Waals surface area (Å²) in [5, 5.41) is 3.04. The molecule has 0 aliphatic rings. The number of aromatic nitrogens is 4. The smallest absolute Gasteiger partial charge is 0.238 e. The first-order valence-corrected chi connectivity index (χ1v) is 18.5. The Balaban J connectivity index is 1.20. The Hall–Kier alpha value is -7.63. The monoisotopic (exact) mass is 720 g/mol. The predicted octanol–water partition coefficient (Wildman–Crippen LogP) is 13.2. The van der Waals surface area contributed by atoms with Gasteiger partial charge in [0.1, 0.15) is 11.2 Å². The van der Waals surface area contributed by atoms with Crippen LogP contribution in [0.15, 0.2) is 198 Å². The Kier molecular flexibility index (Phi) is 6.50. The first-order chi connectivity index (χ1) is 29.4. The summed E-state index contributed by atoms with van der Waals surface area (Å²) in [6.45, 7) is 0. The van der Waals surface area contributed by atoms with Gasteiger partial charge in [-0.05, 0) is 63.7 Å². The Morgan fingerprint density at radius 3 is 1.84 bits per heavy atom. The van der Waals surface area contributed by atoms with E-state index in [0.29, 0.717) is 39.1 Å². The van der Waals surface area contributed by atoms with E-state index in [2.05, 4.69) is 36.4 Å². The lowest BCUT2D eigenvalue weighted by atomic mass is 9.92. The van der Waals surface area contributed by atoms with Crippen molar-refractivity contribution in [3.8, 4) is 62.1 Å². The predicted molar refractivity (Wildman–Crippen MR) is 229 cm³/mol. The van der Waals surface area contributed by atoms with E-state index < -0.39 is 0 Å². The molecule has 0 fully saturated rings. The average Bonchev–Trinajstić information content (AvgIpc) is 3.87. The molecule has 3 heterocycles. The highest BCUT2D eigenvalue weighted by Gasteiger charge is 2.21. The zero-order chi connectivity index (χ0) is 40.5. The minimum absolute atomic E-state index is 0.138. The van der Waals surface area contributed by atoms with Crippen LogP contribution in [0.5, 0.6) is 0 Å². The molecule has 0 saturated heterocycles. The molecule has 11 rings (SSSR count). The highest BCUT2D eigenvalue weighted by molar-refractivity contribution is 6.16. The van der Waals surface area contributed by atoms with E-state index >= 15 is 0 Å². The third-order valence-corrected chi connectivity index (χ3v) is 10.4. The Morgan fingerprint density at radius 1 is 0.411 bits per heavy atom. The second-order valence-electron chi connectivity index (χ2n) is 13.7. The van der Waals surface area contributed by atoms with Crippen LogP contribution in [-0.4, -0.2) is 19.5 Å². The van der Waals surface area contributed by atoms with Crippen LogP contribution < -0.4 is 0 Å². The summed E-state index contributed by atoms with van der Waals surface area (Å²) in [5.41, 5.74) is 9.74. The van der Waals surface area contributed by atoms with Crippen molar-refractivity contribution in [1.29, 1.82) is 0 Å². The number of benzene rings is 8. The minimum atomic E-state index is -0.343. The van der Waals surface area contributed by atoms with Crippen LogP contribution in [0.25, 0.3) is 106 Å². The summed E-state index contributed by atoms with van der Waals surface area (Å²) < 4.78 is 44.5. The van der Waals surface area contributed by atoms with E-state index in [0.717, 1.165) is 55.3 Å². The van der Waals surface area contributed by atoms with Crippen molar-refractivity contribution in [3.05, 3.63) is 194 Å². The molecule has 0 saturated carbocycles. The van der Waals surface area contributed by atoms with Gasteiger partial charge in [-0.1, -0.05) is 164 Å². The maximum Gasteiger partial charge on any atom is 0.238 e. The topological polar surface area (TPSA) is 56.7 Å². The van der Waals surface area contributed by atoms with Gasteiger partial charge < -0.3 is 4.42 Å². The molecule has 0 bridgehead atoms. The average molecular weight is 721 g/mol. The summed E-state index contributed by atoms with van der Waals surface area (Å²) >= 11 is 0. The van der Waals surface area contributed by atoms with E-state index in [-0.39, 0.29) is 35.6 Å². The summed E-state index contributed by atoms with van der Waals surface area (Å²) in [6.07, 6.45) is 0. The molecule has 0 atom stereocenters. The van der Waals surface area contributed by atoms with Crippen LogP contribution in [0.1, 0.15) is 5.48 Å². The maximum absolute atomic E-state index is 9.39. The minimum Gasteiger partial charge on any atom is -0.456 e. The summed E-state index contributed by atoms with van der Waals surface area (Å²) in [7, 11) is 0. The lowest BCUT2D eigenvalue weighted by molar-refractivity contribution is 0.669. The molecule has 56 heavy (non-hydrogen) atoms. The lowest BCUT2D eigenvalue weighted by Crippen LogP contribution is -2.06. The van der Waals surface area contributed by atoms with E-state index in [4.69, 9.17) is 22.1 Å². The van der Waals surface area contributed by atoms with E-state index in [1.807, 2.05) is 133 Å². The first kappa shape index (κ1) is 27.9. The third kappa shape index (κ3) is 5.29. The SMILES string of the molecule is [2H]c1c([2H])c([2H])c2c(c1[2H])c1c(-c3ccccc3-c3ccccc3)cccc1n2-c1nc(-c2ccc(-c3ccccc3)cc2)nc(-c2ccc3c(c2)oc2ccccc23)n1. The molecule has 5 nitrogen and oxygen atoms in total. The fraction of sp³-hybridized carbons (Fsp3) is 0. The van der Waals surface area contributed by atoms with Crippen molar-refractivity contribution >= 4 is 43.7 Å². The van der Waals surface area contributed by atoms with E-state index in [9.17, 15) is 2.74 Å². The van der Waals surface area contributed by atoms with Crippen molar-refractivity contribution in [2.24, 2.45) is 0 Å². The first-order valence-electron chi connectivity index (χ1n) is 20.5. The van der Waals surface area contributed by atoms with Gasteiger partial charge in [-0.3, -0.25) is 4.57 Å².